The zero-order valence-electron chi connectivity index (χ0n) is 49.0. The van der Waals surface area contributed by atoms with Gasteiger partial charge in [0.15, 0.2) is 0 Å². The van der Waals surface area contributed by atoms with E-state index in [-0.39, 0.29) is 0 Å². The SMILES string of the molecule is [2H]c1c([2H])c([2H])c(-c2c([2H])c([2H])c([2H])c(-c3c4c([2H])c([2H])c([2H])c([2H])c4c(-c4c([2H])c([2H])c([2H])c([2H])c4[2H])c4c([2H])c(-c5c([2H])c([2H])c([2H])c6c([2H])c([2H])c([2H])c([2H])c56)c([2H])c([2H])c34)c2[2H])c([2H])c1[2H]. The Kier molecular flexibility index (Phi) is 2.19. The predicted octanol–water partition coefficient (Wildman–Crippen LogP) is 11.8. The second-order valence-corrected chi connectivity index (χ2v) is 8.75. The van der Waals surface area contributed by atoms with Crippen molar-refractivity contribution >= 4 is 32.3 Å². The number of fused-ring (bicyclic) bond motifs is 3. The summed E-state index contributed by atoms with van der Waals surface area (Å²) >= 11 is 0. The van der Waals surface area contributed by atoms with Crippen molar-refractivity contribution in [2.75, 3.05) is 0 Å². The summed E-state index contributed by atoms with van der Waals surface area (Å²) in [6.07, 6.45) is 0. The monoisotopic (exact) mass is 560 g/mol. The van der Waals surface area contributed by atoms with Gasteiger partial charge in [0.2, 0.25) is 0 Å². The van der Waals surface area contributed by atoms with Crippen molar-refractivity contribution in [3.05, 3.63) is 169 Å². The van der Waals surface area contributed by atoms with Gasteiger partial charge in [0.25, 0.3) is 0 Å². The van der Waals surface area contributed by atoms with Crippen LogP contribution in [0, 0.1) is 0 Å². The average molecular weight is 561 g/mol. The molecule has 0 saturated heterocycles. The van der Waals surface area contributed by atoms with Crippen LogP contribution in [0.4, 0.5) is 0 Å². The standard InChI is InChI=1S/C42H28/c1-3-13-29(14-4-1)32-19-11-20-34(27-32)42-38-23-10-9-22-37(38)41(31-16-5-2-6-17-31)40-28-33(25-26-39(40)42)36-24-12-18-30-15-7-8-21-35(30)36/h1-28H/i1D,2D,3D,4D,5D,6D,7D,8D,9D,10D,11D,12D,13D,14D,15D,16D,17D,18D,19D,20D,21D,22D,23D,24D,25D,26D,27D,28D. The molecule has 0 aromatic heterocycles. The van der Waals surface area contributed by atoms with Crippen LogP contribution in [0.25, 0.3) is 76.8 Å². The van der Waals surface area contributed by atoms with Gasteiger partial charge >= 0.3 is 0 Å². The molecule has 0 nitrogen and oxygen atoms in total. The highest BCUT2D eigenvalue weighted by Crippen LogP contribution is 2.45. The average Bonchev–Trinajstić information content (AvgIpc) is 3.32. The summed E-state index contributed by atoms with van der Waals surface area (Å²) in [7, 11) is 0. The molecule has 0 unspecified atom stereocenters. The Balaban J connectivity index is 1.81. The van der Waals surface area contributed by atoms with E-state index in [1.165, 1.54) is 0 Å². The van der Waals surface area contributed by atoms with Crippen LogP contribution in [0.1, 0.15) is 38.4 Å². The molecule has 196 valence electrons. The maximum absolute atomic E-state index is 10.0. The minimum Gasteiger partial charge on any atom is -0.0622 e. The summed E-state index contributed by atoms with van der Waals surface area (Å²) in [5.74, 6) is 0. The van der Waals surface area contributed by atoms with E-state index in [9.17, 15) is 9.60 Å². The third-order valence-electron chi connectivity index (χ3n) is 6.44. The fourth-order valence-corrected chi connectivity index (χ4v) is 4.69. The molecule has 0 aliphatic heterocycles. The Labute approximate surface area is 285 Å². The Morgan fingerprint density at radius 3 is 1.57 bits per heavy atom. The molecule has 0 aliphatic rings. The van der Waals surface area contributed by atoms with Crippen LogP contribution in [0.2, 0.25) is 0 Å². The highest BCUT2D eigenvalue weighted by molar-refractivity contribution is 6.22. The van der Waals surface area contributed by atoms with Gasteiger partial charge < -0.3 is 0 Å². The molecular weight excluding hydrogens is 504 g/mol. The van der Waals surface area contributed by atoms with E-state index in [1.807, 2.05) is 0 Å². The summed E-state index contributed by atoms with van der Waals surface area (Å²) in [6.45, 7) is 0. The molecule has 0 fully saturated rings. The van der Waals surface area contributed by atoms with E-state index >= 15 is 0 Å². The van der Waals surface area contributed by atoms with Crippen LogP contribution >= 0.6 is 0 Å². The zero-order chi connectivity index (χ0) is 52.2. The van der Waals surface area contributed by atoms with Crippen LogP contribution in [0.15, 0.2) is 169 Å². The molecule has 0 spiro atoms. The van der Waals surface area contributed by atoms with Gasteiger partial charge in [-0.15, -0.1) is 0 Å². The van der Waals surface area contributed by atoms with Crippen molar-refractivity contribution in [1.82, 2.24) is 0 Å². The molecular formula is C42H28. The Hall–Kier alpha value is -5.46. The van der Waals surface area contributed by atoms with Crippen molar-refractivity contribution in [3.63, 3.8) is 0 Å². The molecule has 0 amide bonds. The maximum atomic E-state index is 10.0. The van der Waals surface area contributed by atoms with Gasteiger partial charge in [0, 0.05) is 0 Å². The van der Waals surface area contributed by atoms with Crippen molar-refractivity contribution in [2.45, 2.75) is 0 Å². The van der Waals surface area contributed by atoms with Crippen molar-refractivity contribution in [1.29, 1.82) is 0 Å². The first kappa shape index (κ1) is 9.02. The summed E-state index contributed by atoms with van der Waals surface area (Å²) in [5.41, 5.74) is -6.84. The van der Waals surface area contributed by atoms with Gasteiger partial charge in [-0.05, 0) is 88.9 Å². The van der Waals surface area contributed by atoms with Gasteiger partial charge in [0.1, 0.15) is 0 Å². The first-order chi connectivity index (χ1) is 32.5. The smallest absolute Gasteiger partial charge is 0.0622 e. The molecule has 0 heteroatoms. The lowest BCUT2D eigenvalue weighted by molar-refractivity contribution is 1.61. The lowest BCUT2D eigenvalue weighted by Crippen LogP contribution is -1.92. The Morgan fingerprint density at radius 2 is 0.810 bits per heavy atom. The molecule has 8 aromatic rings. The lowest BCUT2D eigenvalue weighted by Gasteiger charge is -2.19. The molecule has 0 saturated carbocycles. The molecule has 8 aromatic carbocycles. The van der Waals surface area contributed by atoms with Gasteiger partial charge in [0.05, 0.1) is 38.4 Å². The molecule has 8 rings (SSSR count). The fraction of sp³-hybridized carbons (Fsp3) is 0. The highest BCUT2D eigenvalue weighted by Gasteiger charge is 2.18. The summed E-state index contributed by atoms with van der Waals surface area (Å²) in [4.78, 5) is 0. The second kappa shape index (κ2) is 10.2. The largest absolute Gasteiger partial charge is 0.0636 e. The highest BCUT2D eigenvalue weighted by atomic mass is 14.2. The second-order valence-electron chi connectivity index (χ2n) is 8.75. The van der Waals surface area contributed by atoms with Crippen LogP contribution in [0.3, 0.4) is 0 Å². The van der Waals surface area contributed by atoms with E-state index < -0.39 is 246 Å². The molecule has 0 bridgehead atoms. The predicted molar refractivity (Wildman–Crippen MR) is 181 cm³/mol. The maximum Gasteiger partial charge on any atom is 0.0636 e. The minimum absolute atomic E-state index is 0.650. The molecule has 0 atom stereocenters. The van der Waals surface area contributed by atoms with Crippen LogP contribution in [-0.4, -0.2) is 0 Å². The van der Waals surface area contributed by atoms with Crippen LogP contribution < -0.4 is 0 Å². The van der Waals surface area contributed by atoms with E-state index in [2.05, 4.69) is 0 Å². The van der Waals surface area contributed by atoms with Crippen molar-refractivity contribution < 1.29 is 38.4 Å². The van der Waals surface area contributed by atoms with Crippen LogP contribution in [-0.2, 0) is 0 Å². The van der Waals surface area contributed by atoms with Gasteiger partial charge in [-0.3, -0.25) is 0 Å². The topological polar surface area (TPSA) is 0 Å². The first-order valence-electron chi connectivity index (χ1n) is 26.2. The summed E-state index contributed by atoms with van der Waals surface area (Å²) < 4.78 is 250. The zero-order valence-corrected chi connectivity index (χ0v) is 21.0. The van der Waals surface area contributed by atoms with Crippen molar-refractivity contribution in [2.24, 2.45) is 0 Å². The third kappa shape index (κ3) is 4.08. The Bertz CT molecular complexity index is 3730. The number of hydrogen-bond acceptors (Lipinski definition) is 0. The Morgan fingerprint density at radius 1 is 0.286 bits per heavy atom. The lowest BCUT2D eigenvalue weighted by atomic mass is 9.84. The summed E-state index contributed by atoms with van der Waals surface area (Å²) in [6, 6.07) is -28.0. The number of hydrogen-bond donors (Lipinski definition) is 0. The van der Waals surface area contributed by atoms with E-state index in [0.29, 0.717) is 0 Å². The van der Waals surface area contributed by atoms with Gasteiger partial charge in [-0.2, -0.15) is 0 Å². The van der Waals surface area contributed by atoms with Gasteiger partial charge in [-0.25, -0.2) is 0 Å². The van der Waals surface area contributed by atoms with Crippen molar-refractivity contribution in [3.8, 4) is 44.5 Å². The molecule has 0 N–H and O–H groups in total. The fourth-order valence-electron chi connectivity index (χ4n) is 4.69. The van der Waals surface area contributed by atoms with E-state index in [4.69, 9.17) is 28.8 Å². The number of rotatable bonds is 4. The third-order valence-corrected chi connectivity index (χ3v) is 6.44. The molecule has 0 radical (unpaired) electrons. The molecule has 0 heterocycles. The molecule has 0 aliphatic carbocycles. The van der Waals surface area contributed by atoms with E-state index in [0.717, 1.165) is 0 Å². The van der Waals surface area contributed by atoms with Gasteiger partial charge in [-0.1, -0.05) is 157 Å². The first-order valence-corrected chi connectivity index (χ1v) is 12.2. The van der Waals surface area contributed by atoms with E-state index in [1.54, 1.807) is 0 Å². The van der Waals surface area contributed by atoms with Crippen LogP contribution in [0.5, 0.6) is 0 Å². The summed E-state index contributed by atoms with van der Waals surface area (Å²) in [5, 5.41) is -4.66. The molecule has 42 heavy (non-hydrogen) atoms. The number of benzene rings is 8. The quantitative estimate of drug-likeness (QED) is 0.188. The normalized spacial score (nSPS) is 20.7. The minimum atomic E-state index is -1.14.